The van der Waals surface area contributed by atoms with Gasteiger partial charge in [0.15, 0.2) is 0 Å². The number of rotatable bonds is 8. The van der Waals surface area contributed by atoms with Crippen molar-refractivity contribution in [3.05, 3.63) is 53.9 Å². The summed E-state index contributed by atoms with van der Waals surface area (Å²) in [7, 11) is -3.48. The lowest BCUT2D eigenvalue weighted by atomic mass is 10.2. The Bertz CT molecular complexity index is 823. The van der Waals surface area contributed by atoms with Crippen LogP contribution in [0.4, 0.5) is 0 Å². The molecule has 0 fully saturated rings. The van der Waals surface area contributed by atoms with Gasteiger partial charge in [0.2, 0.25) is 10.0 Å². The van der Waals surface area contributed by atoms with Crippen LogP contribution in [0, 0.1) is 6.92 Å². The number of pyridine rings is 1. The molecular weight excluding hydrogens is 342 g/mol. The third kappa shape index (κ3) is 5.27. The number of amides is 1. The van der Waals surface area contributed by atoms with E-state index < -0.39 is 10.0 Å². The molecule has 2 rings (SSSR count). The largest absolute Gasteiger partial charge is 0.491 e. The minimum absolute atomic E-state index is 0.199. The SMILES string of the molecule is CCNS(=O)(=O)c1ccc(OCCNC(=O)c2ccncc2)c(C)c1. The molecule has 134 valence electrons. The van der Waals surface area contributed by atoms with Crippen LogP contribution < -0.4 is 14.8 Å². The van der Waals surface area contributed by atoms with Gasteiger partial charge in [-0.25, -0.2) is 13.1 Å². The maximum atomic E-state index is 12.0. The summed E-state index contributed by atoms with van der Waals surface area (Å²) in [6, 6.07) is 7.93. The maximum absolute atomic E-state index is 12.0. The van der Waals surface area contributed by atoms with Gasteiger partial charge < -0.3 is 10.1 Å². The van der Waals surface area contributed by atoms with E-state index in [-0.39, 0.29) is 17.4 Å². The van der Waals surface area contributed by atoms with Gasteiger partial charge in [-0.15, -0.1) is 0 Å². The molecule has 0 saturated carbocycles. The number of nitrogens with zero attached hydrogens (tertiary/aromatic N) is 1. The summed E-state index contributed by atoms with van der Waals surface area (Å²) >= 11 is 0. The first-order valence-electron chi connectivity index (χ1n) is 7.85. The van der Waals surface area contributed by atoms with Crippen LogP contribution in [-0.4, -0.2) is 39.0 Å². The summed E-state index contributed by atoms with van der Waals surface area (Å²) in [5, 5.41) is 2.74. The van der Waals surface area contributed by atoms with E-state index in [9.17, 15) is 13.2 Å². The van der Waals surface area contributed by atoms with E-state index >= 15 is 0 Å². The van der Waals surface area contributed by atoms with E-state index in [1.54, 1.807) is 50.5 Å². The lowest BCUT2D eigenvalue weighted by molar-refractivity contribution is 0.0947. The molecule has 1 aromatic carbocycles. The smallest absolute Gasteiger partial charge is 0.251 e. The number of ether oxygens (including phenoxy) is 1. The Morgan fingerprint density at radius 1 is 1.20 bits per heavy atom. The summed E-state index contributed by atoms with van der Waals surface area (Å²) in [6.07, 6.45) is 3.11. The van der Waals surface area contributed by atoms with E-state index in [0.717, 1.165) is 0 Å². The molecule has 7 nitrogen and oxygen atoms in total. The van der Waals surface area contributed by atoms with Crippen molar-refractivity contribution in [2.24, 2.45) is 0 Å². The molecule has 1 heterocycles. The fraction of sp³-hybridized carbons (Fsp3) is 0.294. The van der Waals surface area contributed by atoms with Crippen LogP contribution >= 0.6 is 0 Å². The fourth-order valence-corrected chi connectivity index (χ4v) is 3.28. The van der Waals surface area contributed by atoms with Gasteiger partial charge in [0.25, 0.3) is 5.91 Å². The van der Waals surface area contributed by atoms with Crippen molar-refractivity contribution in [1.82, 2.24) is 15.0 Å². The fourth-order valence-electron chi connectivity index (χ4n) is 2.16. The van der Waals surface area contributed by atoms with Gasteiger partial charge >= 0.3 is 0 Å². The first-order chi connectivity index (χ1) is 11.9. The second kappa shape index (κ2) is 8.59. The van der Waals surface area contributed by atoms with Crippen LogP contribution in [0.5, 0.6) is 5.75 Å². The Hall–Kier alpha value is -2.45. The third-order valence-corrected chi connectivity index (χ3v) is 4.92. The number of carbonyl (C=O) groups excluding carboxylic acids is 1. The summed E-state index contributed by atoms with van der Waals surface area (Å²) in [5.74, 6) is 0.378. The average molecular weight is 363 g/mol. The molecule has 1 amide bonds. The Morgan fingerprint density at radius 3 is 2.56 bits per heavy atom. The Labute approximate surface area is 147 Å². The van der Waals surface area contributed by atoms with Gasteiger partial charge in [0.1, 0.15) is 12.4 Å². The summed E-state index contributed by atoms with van der Waals surface area (Å²) < 4.78 is 32.0. The Kier molecular flexibility index (Phi) is 6.49. The standard InChI is InChI=1S/C17H21N3O4S/c1-3-20-25(22,23)15-4-5-16(13(2)12-15)24-11-10-19-17(21)14-6-8-18-9-7-14/h4-9,12,20H,3,10-11H2,1-2H3,(H,19,21). The average Bonchev–Trinajstić information content (AvgIpc) is 2.60. The zero-order chi connectivity index (χ0) is 18.3. The first-order valence-corrected chi connectivity index (χ1v) is 9.33. The summed E-state index contributed by atoms with van der Waals surface area (Å²) in [4.78, 5) is 15.9. The molecule has 0 radical (unpaired) electrons. The predicted molar refractivity (Wildman–Crippen MR) is 94.1 cm³/mol. The van der Waals surface area contributed by atoms with Gasteiger partial charge in [-0.3, -0.25) is 9.78 Å². The van der Waals surface area contributed by atoms with Crippen molar-refractivity contribution >= 4 is 15.9 Å². The zero-order valence-corrected chi connectivity index (χ0v) is 15.0. The van der Waals surface area contributed by atoms with Gasteiger partial charge in [0.05, 0.1) is 11.4 Å². The van der Waals surface area contributed by atoms with E-state index in [4.69, 9.17) is 4.74 Å². The molecule has 0 atom stereocenters. The number of aromatic nitrogens is 1. The third-order valence-electron chi connectivity index (χ3n) is 3.38. The highest BCUT2D eigenvalue weighted by Crippen LogP contribution is 2.21. The predicted octanol–water partition coefficient (Wildman–Crippen LogP) is 1.50. The quantitative estimate of drug-likeness (QED) is 0.693. The van der Waals surface area contributed by atoms with Crippen molar-refractivity contribution in [2.75, 3.05) is 19.7 Å². The highest BCUT2D eigenvalue weighted by Gasteiger charge is 2.14. The van der Waals surface area contributed by atoms with Crippen LogP contribution in [0.2, 0.25) is 0 Å². The van der Waals surface area contributed by atoms with Crippen molar-refractivity contribution in [1.29, 1.82) is 0 Å². The van der Waals surface area contributed by atoms with Gasteiger partial charge in [0, 0.05) is 24.5 Å². The lowest BCUT2D eigenvalue weighted by Gasteiger charge is -2.12. The number of hydrogen-bond donors (Lipinski definition) is 2. The van der Waals surface area contributed by atoms with Gasteiger partial charge in [-0.05, 0) is 42.8 Å². The number of nitrogens with one attached hydrogen (secondary N) is 2. The number of aryl methyl sites for hydroxylation is 1. The van der Waals surface area contributed by atoms with Crippen molar-refractivity contribution in [3.63, 3.8) is 0 Å². The van der Waals surface area contributed by atoms with E-state index in [1.807, 2.05) is 0 Å². The molecule has 0 unspecified atom stereocenters. The summed E-state index contributed by atoms with van der Waals surface area (Å²) in [5.41, 5.74) is 1.24. The molecule has 0 saturated heterocycles. The normalized spacial score (nSPS) is 11.1. The topological polar surface area (TPSA) is 97.4 Å². The number of sulfonamides is 1. The molecule has 0 aliphatic carbocycles. The molecule has 8 heteroatoms. The van der Waals surface area contributed by atoms with E-state index in [1.165, 1.54) is 6.07 Å². The minimum atomic E-state index is -3.48. The lowest BCUT2D eigenvalue weighted by Crippen LogP contribution is -2.28. The second-order valence-corrected chi connectivity index (χ2v) is 7.04. The van der Waals surface area contributed by atoms with Crippen molar-refractivity contribution in [3.8, 4) is 5.75 Å². The molecule has 2 aromatic rings. The monoisotopic (exact) mass is 363 g/mol. The molecule has 0 spiro atoms. The Morgan fingerprint density at radius 2 is 1.92 bits per heavy atom. The van der Waals surface area contributed by atoms with Crippen LogP contribution in [0.3, 0.4) is 0 Å². The van der Waals surface area contributed by atoms with Crippen LogP contribution in [-0.2, 0) is 10.0 Å². The number of benzene rings is 1. The highest BCUT2D eigenvalue weighted by atomic mass is 32.2. The van der Waals surface area contributed by atoms with Crippen molar-refractivity contribution < 1.29 is 17.9 Å². The van der Waals surface area contributed by atoms with E-state index in [0.29, 0.717) is 30.0 Å². The van der Waals surface area contributed by atoms with Crippen molar-refractivity contribution in [2.45, 2.75) is 18.7 Å². The molecule has 0 aliphatic rings. The number of carbonyl (C=O) groups is 1. The molecule has 1 aromatic heterocycles. The van der Waals surface area contributed by atoms with Crippen LogP contribution in [0.25, 0.3) is 0 Å². The Balaban J connectivity index is 1.88. The molecule has 0 aliphatic heterocycles. The molecule has 0 bridgehead atoms. The number of hydrogen-bond acceptors (Lipinski definition) is 5. The van der Waals surface area contributed by atoms with E-state index in [2.05, 4.69) is 15.0 Å². The van der Waals surface area contributed by atoms with Gasteiger partial charge in [-0.2, -0.15) is 0 Å². The first kappa shape index (κ1) is 18.9. The summed E-state index contributed by atoms with van der Waals surface area (Å²) in [6.45, 7) is 4.43. The zero-order valence-electron chi connectivity index (χ0n) is 14.2. The van der Waals surface area contributed by atoms with Crippen LogP contribution in [0.1, 0.15) is 22.8 Å². The highest BCUT2D eigenvalue weighted by molar-refractivity contribution is 7.89. The van der Waals surface area contributed by atoms with Crippen LogP contribution in [0.15, 0.2) is 47.6 Å². The molecule has 25 heavy (non-hydrogen) atoms. The van der Waals surface area contributed by atoms with Gasteiger partial charge in [-0.1, -0.05) is 6.92 Å². The molecule has 2 N–H and O–H groups in total. The maximum Gasteiger partial charge on any atom is 0.251 e. The second-order valence-electron chi connectivity index (χ2n) is 5.27. The molecular formula is C17H21N3O4S. The minimum Gasteiger partial charge on any atom is -0.491 e.